The monoisotopic (exact) mass is 366 g/mol. The molecule has 2 aromatic carbocycles. The summed E-state index contributed by atoms with van der Waals surface area (Å²) < 4.78 is 0. The Morgan fingerprint density at radius 2 is 1.67 bits per heavy atom. The molecule has 2 fully saturated rings. The molecule has 140 valence electrons. The number of hydrogen-bond acceptors (Lipinski definition) is 3. The van der Waals surface area contributed by atoms with E-state index in [-0.39, 0.29) is 18.0 Å². The molecular weight excluding hydrogens is 344 g/mol. The van der Waals surface area contributed by atoms with Crippen LogP contribution in [0.25, 0.3) is 10.8 Å². The van der Waals surface area contributed by atoms with Gasteiger partial charge in [0.1, 0.15) is 12.1 Å². The molecule has 5 amide bonds. The third kappa shape index (κ3) is 2.61. The van der Waals surface area contributed by atoms with E-state index < -0.39 is 18.1 Å². The van der Waals surface area contributed by atoms with Crippen molar-refractivity contribution in [2.24, 2.45) is 5.92 Å². The standard InChI is InChI=1S/C20H22N4O3/c1-3-23-17-15(18(25)24(4-2)20(23)27)16(21-19(26)22-17)14-11-7-9-12-8-5-6-10-13(12)14/h5-11,15-17H,3-4H2,1-2H3,(H2,21,22,26). The molecule has 0 bridgehead atoms. The second-order valence-electron chi connectivity index (χ2n) is 6.79. The van der Waals surface area contributed by atoms with Crippen LogP contribution in [0.1, 0.15) is 25.5 Å². The van der Waals surface area contributed by atoms with E-state index in [0.717, 1.165) is 16.3 Å². The van der Waals surface area contributed by atoms with E-state index in [1.807, 2.05) is 49.4 Å². The van der Waals surface area contributed by atoms with Crippen molar-refractivity contribution in [3.63, 3.8) is 0 Å². The number of amides is 5. The average Bonchev–Trinajstić information content (AvgIpc) is 2.67. The second-order valence-corrected chi connectivity index (χ2v) is 6.79. The van der Waals surface area contributed by atoms with Crippen molar-refractivity contribution in [1.29, 1.82) is 0 Å². The normalized spacial score (nSPS) is 25.3. The minimum absolute atomic E-state index is 0.261. The van der Waals surface area contributed by atoms with Crippen molar-refractivity contribution in [3.8, 4) is 0 Å². The number of benzene rings is 2. The molecule has 7 nitrogen and oxygen atoms in total. The number of imide groups is 1. The highest BCUT2D eigenvalue weighted by Crippen LogP contribution is 2.37. The van der Waals surface area contributed by atoms with Crippen molar-refractivity contribution in [3.05, 3.63) is 48.0 Å². The molecule has 2 N–H and O–H groups in total. The zero-order valence-corrected chi connectivity index (χ0v) is 15.3. The Morgan fingerprint density at radius 1 is 0.926 bits per heavy atom. The minimum atomic E-state index is -0.657. The Labute approximate surface area is 157 Å². The van der Waals surface area contributed by atoms with Crippen LogP contribution >= 0.6 is 0 Å². The summed E-state index contributed by atoms with van der Waals surface area (Å²) >= 11 is 0. The molecule has 27 heavy (non-hydrogen) atoms. The van der Waals surface area contributed by atoms with Gasteiger partial charge < -0.3 is 15.5 Å². The molecule has 0 aromatic heterocycles. The number of carbonyl (C=O) groups is 3. The van der Waals surface area contributed by atoms with Crippen molar-refractivity contribution < 1.29 is 14.4 Å². The number of urea groups is 2. The van der Waals surface area contributed by atoms with Crippen molar-refractivity contribution in [1.82, 2.24) is 20.4 Å². The van der Waals surface area contributed by atoms with Gasteiger partial charge in [0.25, 0.3) is 0 Å². The third-order valence-corrected chi connectivity index (χ3v) is 5.44. The summed E-state index contributed by atoms with van der Waals surface area (Å²) in [7, 11) is 0. The van der Waals surface area contributed by atoms with E-state index in [9.17, 15) is 14.4 Å². The van der Waals surface area contributed by atoms with Gasteiger partial charge in [-0.2, -0.15) is 0 Å². The molecular formula is C20H22N4O3. The van der Waals surface area contributed by atoms with Gasteiger partial charge in [-0.15, -0.1) is 0 Å². The van der Waals surface area contributed by atoms with Gasteiger partial charge in [0, 0.05) is 13.1 Å². The van der Waals surface area contributed by atoms with Crippen LogP contribution in [0.4, 0.5) is 9.59 Å². The maximum Gasteiger partial charge on any atom is 0.328 e. The van der Waals surface area contributed by atoms with Crippen molar-refractivity contribution in [2.75, 3.05) is 13.1 Å². The Kier molecular flexibility index (Phi) is 4.22. The van der Waals surface area contributed by atoms with E-state index in [1.54, 1.807) is 11.8 Å². The molecule has 0 spiro atoms. The van der Waals surface area contributed by atoms with E-state index in [2.05, 4.69) is 10.6 Å². The van der Waals surface area contributed by atoms with Gasteiger partial charge in [0.2, 0.25) is 5.91 Å². The quantitative estimate of drug-likeness (QED) is 0.875. The zero-order valence-electron chi connectivity index (χ0n) is 15.3. The van der Waals surface area contributed by atoms with Gasteiger partial charge in [0.05, 0.1) is 6.04 Å². The van der Waals surface area contributed by atoms with Crippen LogP contribution in [0.3, 0.4) is 0 Å². The minimum Gasteiger partial charge on any atom is -0.330 e. The molecule has 2 aliphatic heterocycles. The van der Waals surface area contributed by atoms with Crippen LogP contribution in [0.2, 0.25) is 0 Å². The number of carbonyl (C=O) groups excluding carboxylic acids is 3. The Bertz CT molecular complexity index is 923. The van der Waals surface area contributed by atoms with Crippen molar-refractivity contribution >= 4 is 28.7 Å². The molecule has 2 aliphatic rings. The molecule has 3 atom stereocenters. The fourth-order valence-electron chi connectivity index (χ4n) is 4.19. The lowest BCUT2D eigenvalue weighted by molar-refractivity contribution is -0.141. The third-order valence-electron chi connectivity index (χ3n) is 5.44. The Hall–Kier alpha value is -3.09. The summed E-state index contributed by atoms with van der Waals surface area (Å²) in [5, 5.41) is 7.73. The van der Waals surface area contributed by atoms with E-state index in [0.29, 0.717) is 13.1 Å². The summed E-state index contributed by atoms with van der Waals surface area (Å²) in [6, 6.07) is 12.5. The van der Waals surface area contributed by atoms with Crippen LogP contribution in [-0.2, 0) is 4.79 Å². The SMILES string of the molecule is CCN1C(=O)C2C(c3cccc4ccccc34)NC(=O)NC2N(CC)C1=O. The fraction of sp³-hybridized carbons (Fsp3) is 0.350. The average molecular weight is 366 g/mol. The van der Waals surface area contributed by atoms with E-state index in [4.69, 9.17) is 0 Å². The Balaban J connectivity index is 1.86. The van der Waals surface area contributed by atoms with Gasteiger partial charge in [-0.1, -0.05) is 42.5 Å². The lowest BCUT2D eigenvalue weighted by Gasteiger charge is -2.49. The number of nitrogens with zero attached hydrogens (tertiary/aromatic N) is 2. The van der Waals surface area contributed by atoms with Crippen LogP contribution < -0.4 is 10.6 Å². The predicted octanol–water partition coefficient (Wildman–Crippen LogP) is 2.44. The van der Waals surface area contributed by atoms with E-state index in [1.165, 1.54) is 4.90 Å². The summed E-state index contributed by atoms with van der Waals surface area (Å²) in [4.78, 5) is 41.1. The fourth-order valence-corrected chi connectivity index (χ4v) is 4.19. The second kappa shape index (κ2) is 6.57. The number of hydrogen-bond donors (Lipinski definition) is 2. The first kappa shape index (κ1) is 17.3. The summed E-state index contributed by atoms with van der Waals surface area (Å²) in [6.07, 6.45) is -0.657. The highest BCUT2D eigenvalue weighted by Gasteiger charge is 2.52. The highest BCUT2D eigenvalue weighted by molar-refractivity contribution is 6.01. The number of nitrogens with one attached hydrogen (secondary N) is 2. The van der Waals surface area contributed by atoms with Crippen LogP contribution in [0.5, 0.6) is 0 Å². The maximum absolute atomic E-state index is 13.2. The lowest BCUT2D eigenvalue weighted by Crippen LogP contribution is -2.72. The van der Waals surface area contributed by atoms with Gasteiger partial charge >= 0.3 is 12.1 Å². The molecule has 0 saturated carbocycles. The number of rotatable bonds is 3. The maximum atomic E-state index is 13.2. The topological polar surface area (TPSA) is 81.8 Å². The molecule has 2 heterocycles. The van der Waals surface area contributed by atoms with Gasteiger partial charge in [-0.05, 0) is 30.2 Å². The molecule has 0 radical (unpaired) electrons. The molecule has 7 heteroatoms. The van der Waals surface area contributed by atoms with Gasteiger partial charge in [-0.3, -0.25) is 9.69 Å². The highest BCUT2D eigenvalue weighted by atomic mass is 16.2. The summed E-state index contributed by atoms with van der Waals surface area (Å²) in [5.74, 6) is -0.853. The molecule has 2 aromatic rings. The smallest absolute Gasteiger partial charge is 0.328 e. The number of fused-ring (bicyclic) bond motifs is 2. The van der Waals surface area contributed by atoms with Crippen LogP contribution in [-0.4, -0.2) is 47.0 Å². The first-order valence-corrected chi connectivity index (χ1v) is 9.23. The summed E-state index contributed by atoms with van der Waals surface area (Å²) in [6.45, 7) is 4.34. The van der Waals surface area contributed by atoms with Crippen molar-refractivity contribution in [2.45, 2.75) is 26.1 Å². The van der Waals surface area contributed by atoms with Crippen LogP contribution in [0.15, 0.2) is 42.5 Å². The van der Waals surface area contributed by atoms with E-state index >= 15 is 0 Å². The van der Waals surface area contributed by atoms with Gasteiger partial charge in [-0.25, -0.2) is 9.59 Å². The largest absolute Gasteiger partial charge is 0.330 e. The van der Waals surface area contributed by atoms with Crippen LogP contribution in [0, 0.1) is 5.92 Å². The molecule has 3 unspecified atom stereocenters. The predicted molar refractivity (Wildman–Crippen MR) is 101 cm³/mol. The molecule has 4 rings (SSSR count). The first-order valence-electron chi connectivity index (χ1n) is 9.23. The van der Waals surface area contributed by atoms with Gasteiger partial charge in [0.15, 0.2) is 0 Å². The lowest BCUT2D eigenvalue weighted by atomic mass is 9.83. The molecule has 0 aliphatic carbocycles. The first-order chi connectivity index (χ1) is 13.1. The summed E-state index contributed by atoms with van der Waals surface area (Å²) in [5.41, 5.74) is 0.882. The zero-order chi connectivity index (χ0) is 19.1. The Morgan fingerprint density at radius 3 is 2.41 bits per heavy atom. The molecule has 2 saturated heterocycles.